The van der Waals surface area contributed by atoms with Crippen molar-refractivity contribution < 1.29 is 28.6 Å². The molecule has 7 heteroatoms. The topological polar surface area (TPSA) is 90.9 Å². The quantitative estimate of drug-likeness (QED) is 0.332. The predicted molar refractivity (Wildman–Crippen MR) is 94.2 cm³/mol. The van der Waals surface area contributed by atoms with Crippen molar-refractivity contribution in [3.63, 3.8) is 0 Å². The van der Waals surface area contributed by atoms with Crippen LogP contribution in [-0.2, 0) is 28.6 Å². The van der Waals surface area contributed by atoms with Gasteiger partial charge < -0.3 is 14.2 Å². The largest absolute Gasteiger partial charge is 0.465 e. The third-order valence-electron chi connectivity index (χ3n) is 5.33. The molecule has 7 nitrogen and oxygen atoms in total. The van der Waals surface area contributed by atoms with Crippen molar-refractivity contribution in [3.05, 3.63) is 12.2 Å². The molecule has 0 aromatic carbocycles. The van der Waals surface area contributed by atoms with Crippen LogP contribution in [0.25, 0.3) is 0 Å². The van der Waals surface area contributed by atoms with E-state index in [9.17, 15) is 14.4 Å². The average molecular weight is 367 g/mol. The molecule has 2 aliphatic rings. The van der Waals surface area contributed by atoms with Crippen molar-refractivity contribution in [3.8, 4) is 0 Å². The van der Waals surface area contributed by atoms with E-state index in [1.165, 1.54) is 0 Å². The lowest BCUT2D eigenvalue weighted by molar-refractivity contribution is -0.174. The van der Waals surface area contributed by atoms with Gasteiger partial charge in [-0.2, -0.15) is 0 Å². The van der Waals surface area contributed by atoms with Gasteiger partial charge in [0, 0.05) is 5.54 Å². The normalized spacial score (nSPS) is 23.5. The fraction of sp³-hybridized carbons (Fsp3) is 0.737. The molecule has 1 aliphatic carbocycles. The first-order valence-electron chi connectivity index (χ1n) is 9.39. The van der Waals surface area contributed by atoms with E-state index in [4.69, 9.17) is 14.2 Å². The van der Waals surface area contributed by atoms with Crippen molar-refractivity contribution in [1.82, 2.24) is 5.32 Å². The van der Waals surface area contributed by atoms with E-state index in [2.05, 4.69) is 11.9 Å². The summed E-state index contributed by atoms with van der Waals surface area (Å²) in [6.45, 7) is 9.38. The molecule has 0 radical (unpaired) electrons. The van der Waals surface area contributed by atoms with Crippen LogP contribution >= 0.6 is 0 Å². The molecule has 1 unspecified atom stereocenters. The molecule has 2 rings (SSSR count). The lowest BCUT2D eigenvalue weighted by Crippen LogP contribution is -2.55. The Morgan fingerprint density at radius 2 is 1.46 bits per heavy atom. The molecule has 26 heavy (non-hydrogen) atoms. The van der Waals surface area contributed by atoms with E-state index in [1.54, 1.807) is 20.8 Å². The smallest absolute Gasteiger partial charge is 0.330 e. The van der Waals surface area contributed by atoms with Crippen LogP contribution in [0.2, 0.25) is 0 Å². The predicted octanol–water partition coefficient (Wildman–Crippen LogP) is 1.89. The minimum Gasteiger partial charge on any atom is -0.465 e. The second kappa shape index (κ2) is 8.20. The fourth-order valence-corrected chi connectivity index (χ4v) is 4.14. The molecule has 0 bridgehead atoms. The molecule has 0 aromatic heterocycles. The molecule has 1 atom stereocenters. The second-order valence-electron chi connectivity index (χ2n) is 6.70. The number of carbonyl (C=O) groups is 3. The lowest BCUT2D eigenvalue weighted by atomic mass is 9.68. The highest BCUT2D eigenvalue weighted by Gasteiger charge is 2.70. The molecule has 1 aliphatic heterocycles. The molecule has 1 heterocycles. The summed E-state index contributed by atoms with van der Waals surface area (Å²) < 4.78 is 15.6. The van der Waals surface area contributed by atoms with Gasteiger partial charge in [0.25, 0.3) is 0 Å². The first-order valence-corrected chi connectivity index (χ1v) is 9.39. The van der Waals surface area contributed by atoms with Crippen molar-refractivity contribution in [2.45, 2.75) is 64.5 Å². The number of nitrogens with one attached hydrogen (secondary N) is 1. The number of rotatable bonds is 6. The van der Waals surface area contributed by atoms with E-state index in [1.807, 2.05) is 0 Å². The molecule has 1 saturated carbocycles. The highest BCUT2D eigenvalue weighted by Crippen LogP contribution is 2.51. The number of hydrogen-bond donors (Lipinski definition) is 1. The summed E-state index contributed by atoms with van der Waals surface area (Å²) in [5.74, 6) is -2.29. The van der Waals surface area contributed by atoms with E-state index in [0.717, 1.165) is 19.3 Å². The Kier molecular flexibility index (Phi) is 6.44. The Hall–Kier alpha value is -1.89. The fourth-order valence-electron chi connectivity index (χ4n) is 4.14. The zero-order valence-electron chi connectivity index (χ0n) is 15.9. The summed E-state index contributed by atoms with van der Waals surface area (Å²) in [7, 11) is 0. The number of hydrogen-bond acceptors (Lipinski definition) is 7. The van der Waals surface area contributed by atoms with Gasteiger partial charge in [-0.1, -0.05) is 25.8 Å². The van der Waals surface area contributed by atoms with Gasteiger partial charge in [-0.3, -0.25) is 19.7 Å². The molecular formula is C19H29NO6. The molecule has 1 saturated heterocycles. The maximum absolute atomic E-state index is 13.0. The molecule has 0 aromatic rings. The van der Waals surface area contributed by atoms with Crippen molar-refractivity contribution >= 4 is 17.9 Å². The van der Waals surface area contributed by atoms with Crippen molar-refractivity contribution in [2.24, 2.45) is 5.41 Å². The summed E-state index contributed by atoms with van der Waals surface area (Å²) in [4.78, 5) is 38.7. The summed E-state index contributed by atoms with van der Waals surface area (Å²) in [5.41, 5.74) is -2.23. The van der Waals surface area contributed by atoms with Crippen LogP contribution in [0.4, 0.5) is 0 Å². The lowest BCUT2D eigenvalue weighted by Gasteiger charge is -2.36. The van der Waals surface area contributed by atoms with Crippen molar-refractivity contribution in [2.75, 3.05) is 19.8 Å². The maximum Gasteiger partial charge on any atom is 0.330 e. The van der Waals surface area contributed by atoms with Gasteiger partial charge in [0.1, 0.15) is 6.04 Å². The minimum absolute atomic E-state index is 0.0792. The maximum atomic E-state index is 13.0. The molecule has 146 valence electrons. The third-order valence-corrected chi connectivity index (χ3v) is 5.33. The van der Waals surface area contributed by atoms with Crippen LogP contribution in [0, 0.1) is 5.41 Å². The zero-order valence-corrected chi connectivity index (χ0v) is 15.9. The summed E-state index contributed by atoms with van der Waals surface area (Å²) in [6.07, 6.45) is 4.30. The van der Waals surface area contributed by atoms with Gasteiger partial charge >= 0.3 is 17.9 Å². The zero-order chi connectivity index (χ0) is 19.4. The van der Waals surface area contributed by atoms with E-state index in [0.29, 0.717) is 18.4 Å². The summed E-state index contributed by atoms with van der Waals surface area (Å²) in [6, 6.07) is -1.20. The first-order chi connectivity index (χ1) is 12.4. The van der Waals surface area contributed by atoms with Crippen LogP contribution in [-0.4, -0.2) is 49.3 Å². The Morgan fingerprint density at radius 1 is 0.962 bits per heavy atom. The number of carbonyl (C=O) groups excluding carboxylic acids is 3. The van der Waals surface area contributed by atoms with Gasteiger partial charge in [-0.15, -0.1) is 0 Å². The standard InChI is InChI=1S/C19H29NO6/c1-5-24-15(21)14-19(16(22)25-6-2,17(23)26-7-3)13(4)18(20-14)11-9-8-10-12-18/h14,20H,4-12H2,1-3H3. The minimum atomic E-state index is -1.92. The third kappa shape index (κ3) is 3.13. The van der Waals surface area contributed by atoms with E-state index in [-0.39, 0.29) is 19.8 Å². The Balaban J connectivity index is 2.59. The van der Waals surface area contributed by atoms with Gasteiger partial charge in [0.05, 0.1) is 19.8 Å². The Labute approximate surface area is 154 Å². The highest BCUT2D eigenvalue weighted by atomic mass is 16.6. The summed E-state index contributed by atoms with van der Waals surface area (Å²) >= 11 is 0. The van der Waals surface area contributed by atoms with E-state index >= 15 is 0 Å². The van der Waals surface area contributed by atoms with Crippen LogP contribution in [0.15, 0.2) is 12.2 Å². The van der Waals surface area contributed by atoms with Crippen LogP contribution < -0.4 is 5.32 Å². The Bertz CT molecular complexity index is 561. The van der Waals surface area contributed by atoms with Gasteiger partial charge in [0.2, 0.25) is 5.41 Å². The highest BCUT2D eigenvalue weighted by molar-refractivity contribution is 6.10. The number of esters is 3. The van der Waals surface area contributed by atoms with Crippen LogP contribution in [0.5, 0.6) is 0 Å². The van der Waals surface area contributed by atoms with Gasteiger partial charge in [0.15, 0.2) is 0 Å². The summed E-state index contributed by atoms with van der Waals surface area (Å²) in [5, 5.41) is 3.23. The average Bonchev–Trinajstić information content (AvgIpc) is 2.86. The van der Waals surface area contributed by atoms with Gasteiger partial charge in [-0.25, -0.2) is 0 Å². The van der Waals surface area contributed by atoms with Crippen molar-refractivity contribution in [1.29, 1.82) is 0 Å². The SMILES string of the molecule is C=C1C2(CCCCC2)NC(C(=O)OCC)C1(C(=O)OCC)C(=O)OCC. The molecule has 1 spiro atoms. The second-order valence-corrected chi connectivity index (χ2v) is 6.70. The molecular weight excluding hydrogens is 338 g/mol. The monoisotopic (exact) mass is 367 g/mol. The number of ether oxygens (including phenoxy) is 3. The van der Waals surface area contributed by atoms with E-state index < -0.39 is 34.9 Å². The Morgan fingerprint density at radius 3 is 1.92 bits per heavy atom. The molecule has 1 N–H and O–H groups in total. The molecule has 2 fully saturated rings. The van der Waals surface area contributed by atoms with Crippen LogP contribution in [0.1, 0.15) is 52.9 Å². The van der Waals surface area contributed by atoms with Gasteiger partial charge in [-0.05, 0) is 39.2 Å². The van der Waals surface area contributed by atoms with Crippen LogP contribution in [0.3, 0.4) is 0 Å². The first kappa shape index (κ1) is 20.4. The molecule has 0 amide bonds.